The number of benzene rings is 1. The quantitative estimate of drug-likeness (QED) is 0.709. The van der Waals surface area contributed by atoms with Crippen molar-refractivity contribution < 1.29 is 9.53 Å². The van der Waals surface area contributed by atoms with Crippen LogP contribution in [0.15, 0.2) is 22.7 Å². The molecule has 0 saturated carbocycles. The SMILES string of the molecule is CC(=O)N1CCc2c(c(N3CCCc4cc(Br)ccc43)nn2C2CCOC2)C1. The first kappa shape index (κ1) is 18.2. The molecular formula is C21H25BrN4O2. The summed E-state index contributed by atoms with van der Waals surface area (Å²) in [6.07, 6.45) is 4.06. The van der Waals surface area contributed by atoms with Gasteiger partial charge < -0.3 is 14.5 Å². The smallest absolute Gasteiger partial charge is 0.219 e. The molecule has 148 valence electrons. The second-order valence-corrected chi connectivity index (χ2v) is 8.85. The molecule has 1 atom stereocenters. The highest BCUT2D eigenvalue weighted by Crippen LogP contribution is 2.39. The zero-order valence-electron chi connectivity index (χ0n) is 16.2. The Morgan fingerprint density at radius 2 is 2.18 bits per heavy atom. The molecule has 1 fully saturated rings. The molecule has 0 aliphatic carbocycles. The number of hydrogen-bond acceptors (Lipinski definition) is 4. The van der Waals surface area contributed by atoms with Crippen molar-refractivity contribution >= 4 is 33.3 Å². The number of hydrogen-bond donors (Lipinski definition) is 0. The zero-order valence-corrected chi connectivity index (χ0v) is 17.7. The molecule has 0 spiro atoms. The highest BCUT2D eigenvalue weighted by atomic mass is 79.9. The van der Waals surface area contributed by atoms with Gasteiger partial charge in [-0.15, -0.1) is 0 Å². The summed E-state index contributed by atoms with van der Waals surface area (Å²) in [5.74, 6) is 1.16. The molecule has 1 unspecified atom stereocenters. The second-order valence-electron chi connectivity index (χ2n) is 7.93. The van der Waals surface area contributed by atoms with Crippen molar-refractivity contribution in [2.75, 3.05) is 31.2 Å². The fraction of sp³-hybridized carbons (Fsp3) is 0.524. The van der Waals surface area contributed by atoms with Crippen LogP contribution >= 0.6 is 15.9 Å². The molecule has 5 rings (SSSR count). The van der Waals surface area contributed by atoms with Crippen LogP contribution in [0.2, 0.25) is 0 Å². The summed E-state index contributed by atoms with van der Waals surface area (Å²) in [5.41, 5.74) is 5.09. The minimum absolute atomic E-state index is 0.136. The summed E-state index contributed by atoms with van der Waals surface area (Å²) >= 11 is 3.60. The number of ether oxygens (including phenoxy) is 1. The number of nitrogens with zero attached hydrogens (tertiary/aromatic N) is 4. The predicted octanol–water partition coefficient (Wildman–Crippen LogP) is 3.60. The fourth-order valence-electron chi connectivity index (χ4n) is 4.72. The van der Waals surface area contributed by atoms with Gasteiger partial charge in [0.05, 0.1) is 19.2 Å². The minimum atomic E-state index is 0.136. The standard InChI is InChI=1S/C21H25BrN4O2/c1-14(27)24-9-6-20-18(12-24)21(23-26(20)17-7-10-28-13-17)25-8-2-3-15-11-16(22)4-5-19(15)25/h4-5,11,17H,2-3,6-10,12-13H2,1H3. The van der Waals surface area contributed by atoms with E-state index in [-0.39, 0.29) is 5.91 Å². The van der Waals surface area contributed by atoms with Crippen LogP contribution in [-0.2, 0) is 28.9 Å². The van der Waals surface area contributed by atoms with Crippen molar-refractivity contribution in [3.8, 4) is 0 Å². The van der Waals surface area contributed by atoms with Crippen LogP contribution in [-0.4, -0.2) is 46.9 Å². The van der Waals surface area contributed by atoms with Gasteiger partial charge in [-0.3, -0.25) is 9.48 Å². The first-order valence-corrected chi connectivity index (χ1v) is 10.9. The lowest BCUT2D eigenvalue weighted by molar-refractivity contribution is -0.129. The molecule has 3 aliphatic heterocycles. The molecule has 6 nitrogen and oxygen atoms in total. The lowest BCUT2D eigenvalue weighted by Crippen LogP contribution is -2.35. The van der Waals surface area contributed by atoms with E-state index in [0.29, 0.717) is 12.6 Å². The molecule has 0 N–H and O–H groups in total. The molecule has 4 heterocycles. The number of aromatic nitrogens is 2. The van der Waals surface area contributed by atoms with Gasteiger partial charge >= 0.3 is 0 Å². The number of amides is 1. The van der Waals surface area contributed by atoms with Crippen molar-refractivity contribution in [3.63, 3.8) is 0 Å². The van der Waals surface area contributed by atoms with Crippen LogP contribution in [0.25, 0.3) is 0 Å². The third-order valence-corrected chi connectivity index (χ3v) is 6.67. The van der Waals surface area contributed by atoms with E-state index in [1.54, 1.807) is 6.92 Å². The highest BCUT2D eigenvalue weighted by Gasteiger charge is 2.33. The zero-order chi connectivity index (χ0) is 19.3. The molecule has 28 heavy (non-hydrogen) atoms. The minimum Gasteiger partial charge on any atom is -0.379 e. The van der Waals surface area contributed by atoms with Crippen LogP contribution in [0, 0.1) is 0 Å². The Morgan fingerprint density at radius 1 is 1.29 bits per heavy atom. The Morgan fingerprint density at radius 3 is 2.96 bits per heavy atom. The van der Waals surface area contributed by atoms with E-state index in [1.807, 2.05) is 4.90 Å². The number of fused-ring (bicyclic) bond motifs is 2. The average molecular weight is 445 g/mol. The van der Waals surface area contributed by atoms with Crippen molar-refractivity contribution in [3.05, 3.63) is 39.5 Å². The van der Waals surface area contributed by atoms with Crippen LogP contribution in [0.4, 0.5) is 11.5 Å². The number of carbonyl (C=O) groups excluding carboxylic acids is 1. The summed E-state index contributed by atoms with van der Waals surface area (Å²) in [7, 11) is 0. The van der Waals surface area contributed by atoms with Crippen molar-refractivity contribution in [2.45, 2.75) is 45.2 Å². The van der Waals surface area contributed by atoms with Crippen molar-refractivity contribution in [1.82, 2.24) is 14.7 Å². The molecule has 1 amide bonds. The van der Waals surface area contributed by atoms with E-state index in [0.717, 1.165) is 62.3 Å². The van der Waals surface area contributed by atoms with Gasteiger partial charge in [0, 0.05) is 54.5 Å². The van der Waals surface area contributed by atoms with E-state index in [2.05, 4.69) is 43.7 Å². The third kappa shape index (κ3) is 3.05. The third-order valence-electron chi connectivity index (χ3n) is 6.18. The van der Waals surface area contributed by atoms with Gasteiger partial charge in [-0.25, -0.2) is 0 Å². The maximum absolute atomic E-state index is 12.1. The van der Waals surface area contributed by atoms with Crippen LogP contribution in [0.1, 0.15) is 42.6 Å². The summed E-state index contributed by atoms with van der Waals surface area (Å²) < 4.78 is 8.97. The molecule has 3 aliphatic rings. The van der Waals surface area contributed by atoms with Crippen LogP contribution in [0.3, 0.4) is 0 Å². The van der Waals surface area contributed by atoms with Gasteiger partial charge in [-0.2, -0.15) is 5.10 Å². The maximum Gasteiger partial charge on any atom is 0.219 e. The Hall–Kier alpha value is -1.86. The highest BCUT2D eigenvalue weighted by molar-refractivity contribution is 9.10. The topological polar surface area (TPSA) is 50.6 Å². The Labute approximate surface area is 173 Å². The summed E-state index contributed by atoms with van der Waals surface area (Å²) in [6.45, 7) is 5.57. The molecule has 1 saturated heterocycles. The van der Waals surface area contributed by atoms with Crippen molar-refractivity contribution in [2.24, 2.45) is 0 Å². The predicted molar refractivity (Wildman–Crippen MR) is 111 cm³/mol. The second kappa shape index (κ2) is 7.19. The molecular weight excluding hydrogens is 420 g/mol. The van der Waals surface area contributed by atoms with Gasteiger partial charge in [0.15, 0.2) is 5.82 Å². The Bertz CT molecular complexity index is 919. The van der Waals surface area contributed by atoms with E-state index in [4.69, 9.17) is 9.84 Å². The molecule has 2 aromatic rings. The number of rotatable bonds is 2. The van der Waals surface area contributed by atoms with Gasteiger partial charge in [0.1, 0.15) is 0 Å². The number of carbonyl (C=O) groups is 1. The van der Waals surface area contributed by atoms with E-state index in [1.165, 1.54) is 22.5 Å². The van der Waals surface area contributed by atoms with E-state index >= 15 is 0 Å². The summed E-state index contributed by atoms with van der Waals surface area (Å²) in [4.78, 5) is 16.4. The Balaban J connectivity index is 1.61. The first-order valence-electron chi connectivity index (χ1n) is 10.1. The van der Waals surface area contributed by atoms with Crippen molar-refractivity contribution in [1.29, 1.82) is 0 Å². The number of aryl methyl sites for hydroxylation is 1. The average Bonchev–Trinajstić information content (AvgIpc) is 3.34. The monoisotopic (exact) mass is 444 g/mol. The fourth-order valence-corrected chi connectivity index (χ4v) is 5.13. The largest absolute Gasteiger partial charge is 0.379 e. The van der Waals surface area contributed by atoms with Crippen LogP contribution in [0.5, 0.6) is 0 Å². The van der Waals surface area contributed by atoms with E-state index < -0.39 is 0 Å². The first-order chi connectivity index (χ1) is 13.6. The molecule has 0 radical (unpaired) electrons. The van der Waals surface area contributed by atoms with Gasteiger partial charge in [-0.05, 0) is 43.0 Å². The number of halogens is 1. The van der Waals surface area contributed by atoms with E-state index in [9.17, 15) is 4.79 Å². The molecule has 0 bridgehead atoms. The maximum atomic E-state index is 12.1. The Kier molecular flexibility index (Phi) is 4.67. The normalized spacial score (nSPS) is 21.6. The molecule has 7 heteroatoms. The molecule has 1 aromatic heterocycles. The summed E-state index contributed by atoms with van der Waals surface area (Å²) in [5, 5.41) is 5.13. The van der Waals surface area contributed by atoms with Gasteiger partial charge in [0.25, 0.3) is 0 Å². The summed E-state index contributed by atoms with van der Waals surface area (Å²) in [6, 6.07) is 6.82. The lowest BCUT2D eigenvalue weighted by atomic mass is 10.00. The van der Waals surface area contributed by atoms with Gasteiger partial charge in [-0.1, -0.05) is 15.9 Å². The van der Waals surface area contributed by atoms with Gasteiger partial charge in [0.2, 0.25) is 5.91 Å². The number of anilines is 2. The van der Waals surface area contributed by atoms with Crippen LogP contribution < -0.4 is 4.90 Å². The molecule has 1 aromatic carbocycles. The lowest BCUT2D eigenvalue weighted by Gasteiger charge is -2.32.